The lowest BCUT2D eigenvalue weighted by molar-refractivity contribution is -0.133. The Morgan fingerprint density at radius 1 is 1.19 bits per heavy atom. The molecule has 0 fully saturated rings. The molecule has 182 valence electrons. The number of hydrogen-bond acceptors (Lipinski definition) is 8. The standard InChI is InChI=1S/C26H22N4O5S/c1-14-7-9-16(10-8-14)29-24(32)22-21(15-5-4-6-17(11-15)34-2)18(13-27)23(28)30-25(33)19(36-26(22)30)12-20(31)35-3/h4-12,21H,28H2,1-3H3,(H,29,32)/b19-12-. The number of carbonyl (C=O) groups excluding carboxylic acids is 2. The number of fused-ring (bicyclic) bond motifs is 1. The number of nitrogens with one attached hydrogen (secondary N) is 1. The molecule has 2 aromatic carbocycles. The Morgan fingerprint density at radius 2 is 1.92 bits per heavy atom. The summed E-state index contributed by atoms with van der Waals surface area (Å²) >= 11 is 0.921. The number of esters is 1. The van der Waals surface area contributed by atoms with Crippen LogP contribution < -0.4 is 30.5 Å². The van der Waals surface area contributed by atoms with Gasteiger partial charge in [-0.05, 0) is 36.8 Å². The van der Waals surface area contributed by atoms with Crippen LogP contribution in [0.5, 0.6) is 5.75 Å². The van der Waals surface area contributed by atoms with Crippen LogP contribution in [-0.2, 0) is 14.3 Å². The number of benzene rings is 2. The van der Waals surface area contributed by atoms with Gasteiger partial charge in [0.05, 0.1) is 37.4 Å². The molecule has 0 spiro atoms. The first kappa shape index (κ1) is 24.5. The second-order valence-electron chi connectivity index (χ2n) is 7.93. The molecule has 1 unspecified atom stereocenters. The minimum Gasteiger partial charge on any atom is -0.497 e. The summed E-state index contributed by atoms with van der Waals surface area (Å²) in [6.07, 6.45) is 1.04. The van der Waals surface area contributed by atoms with Crippen LogP contribution in [0.2, 0.25) is 0 Å². The second-order valence-corrected chi connectivity index (χ2v) is 8.96. The maximum absolute atomic E-state index is 13.8. The van der Waals surface area contributed by atoms with E-state index < -0.39 is 23.4 Å². The minimum absolute atomic E-state index is 0.0176. The van der Waals surface area contributed by atoms with Gasteiger partial charge in [0.2, 0.25) is 0 Å². The van der Waals surface area contributed by atoms with Crippen LogP contribution in [0.4, 0.5) is 5.69 Å². The fourth-order valence-corrected chi connectivity index (χ4v) is 5.06. The summed E-state index contributed by atoms with van der Waals surface area (Å²) < 4.78 is 11.3. The molecule has 0 saturated heterocycles. The van der Waals surface area contributed by atoms with Crippen LogP contribution in [0.3, 0.4) is 0 Å². The highest BCUT2D eigenvalue weighted by Crippen LogP contribution is 2.37. The lowest BCUT2D eigenvalue weighted by Crippen LogP contribution is -2.40. The first-order valence-corrected chi connectivity index (χ1v) is 11.6. The zero-order valence-electron chi connectivity index (χ0n) is 19.7. The van der Waals surface area contributed by atoms with Crippen molar-refractivity contribution in [2.24, 2.45) is 5.73 Å². The molecule has 9 nitrogen and oxygen atoms in total. The van der Waals surface area contributed by atoms with E-state index in [0.717, 1.165) is 27.5 Å². The number of allylic oxidation sites excluding steroid dienone is 1. The van der Waals surface area contributed by atoms with Crippen LogP contribution in [0.25, 0.3) is 17.5 Å². The molecule has 0 radical (unpaired) electrons. The van der Waals surface area contributed by atoms with E-state index in [1.165, 1.54) is 14.2 Å². The van der Waals surface area contributed by atoms with Gasteiger partial charge in [-0.1, -0.05) is 29.8 Å². The molecular formula is C26H22N4O5S. The highest BCUT2D eigenvalue weighted by molar-refractivity contribution is 7.07. The lowest BCUT2D eigenvalue weighted by atomic mass is 9.83. The van der Waals surface area contributed by atoms with E-state index in [2.05, 4.69) is 16.1 Å². The number of ether oxygens (including phenoxy) is 2. The average molecular weight is 503 g/mol. The molecule has 1 aliphatic rings. The molecule has 1 atom stereocenters. The number of nitriles is 1. The van der Waals surface area contributed by atoms with Crippen LogP contribution in [0.1, 0.15) is 17.0 Å². The number of carbonyl (C=O) groups is 2. The van der Waals surface area contributed by atoms with Crippen LogP contribution in [-0.4, -0.2) is 30.7 Å². The molecule has 3 aromatic rings. The number of aryl methyl sites for hydroxylation is 1. The molecular weight excluding hydrogens is 480 g/mol. The van der Waals surface area contributed by atoms with E-state index in [0.29, 0.717) is 17.0 Å². The van der Waals surface area contributed by atoms with Crippen LogP contribution in [0, 0.1) is 18.3 Å². The molecule has 1 aliphatic heterocycles. The first-order valence-electron chi connectivity index (χ1n) is 10.8. The highest BCUT2D eigenvalue weighted by atomic mass is 32.1. The Balaban J connectivity index is 2.05. The Morgan fingerprint density at radius 3 is 2.56 bits per heavy atom. The van der Waals surface area contributed by atoms with Crippen molar-refractivity contribution in [1.82, 2.24) is 4.57 Å². The van der Waals surface area contributed by atoms with Crippen molar-refractivity contribution in [2.75, 3.05) is 19.5 Å². The van der Waals surface area contributed by atoms with Crippen molar-refractivity contribution < 1.29 is 19.1 Å². The number of anilines is 1. The quantitative estimate of drug-likeness (QED) is 0.504. The fourth-order valence-electron chi connectivity index (χ4n) is 3.92. The van der Waals surface area contributed by atoms with Gasteiger partial charge in [0.1, 0.15) is 20.8 Å². The van der Waals surface area contributed by atoms with Gasteiger partial charge in [-0.15, -0.1) is 11.3 Å². The average Bonchev–Trinajstić information content (AvgIpc) is 3.20. The number of hydrogen-bond donors (Lipinski definition) is 2. The molecule has 0 bridgehead atoms. The summed E-state index contributed by atoms with van der Waals surface area (Å²) in [7, 11) is 2.70. The number of rotatable bonds is 5. The summed E-state index contributed by atoms with van der Waals surface area (Å²) in [5.74, 6) is -1.73. The van der Waals surface area contributed by atoms with Crippen molar-refractivity contribution in [3.8, 4) is 11.8 Å². The third-order valence-corrected chi connectivity index (χ3v) is 6.81. The van der Waals surface area contributed by atoms with Crippen LogP contribution >= 0.6 is 11.3 Å². The summed E-state index contributed by atoms with van der Waals surface area (Å²) in [5.41, 5.74) is 8.00. The number of amides is 1. The number of nitrogens with zero attached hydrogens (tertiary/aromatic N) is 2. The van der Waals surface area contributed by atoms with Crippen molar-refractivity contribution >= 4 is 46.4 Å². The normalized spacial score (nSPS) is 15.2. The molecule has 4 rings (SSSR count). The predicted octanol–water partition coefficient (Wildman–Crippen LogP) is 1.42. The molecule has 0 saturated carbocycles. The van der Waals surface area contributed by atoms with Gasteiger partial charge >= 0.3 is 5.97 Å². The lowest BCUT2D eigenvalue weighted by Gasteiger charge is -2.25. The zero-order chi connectivity index (χ0) is 26.0. The second kappa shape index (κ2) is 9.93. The summed E-state index contributed by atoms with van der Waals surface area (Å²) in [6, 6.07) is 16.2. The summed E-state index contributed by atoms with van der Waals surface area (Å²) in [6.45, 7) is 1.93. The Kier molecular flexibility index (Phi) is 6.76. The zero-order valence-corrected chi connectivity index (χ0v) is 20.5. The number of aromatic nitrogens is 1. The highest BCUT2D eigenvalue weighted by Gasteiger charge is 2.36. The molecule has 1 aromatic heterocycles. The number of thiazole rings is 1. The molecule has 36 heavy (non-hydrogen) atoms. The van der Waals surface area contributed by atoms with Crippen molar-refractivity contribution in [1.29, 1.82) is 5.26 Å². The van der Waals surface area contributed by atoms with Crippen LogP contribution in [0.15, 0.2) is 58.9 Å². The van der Waals surface area contributed by atoms with Gasteiger partial charge in [-0.3, -0.25) is 14.2 Å². The maximum Gasteiger partial charge on any atom is 0.332 e. The Hall–Kier alpha value is -4.62. The first-order chi connectivity index (χ1) is 17.3. The van der Waals surface area contributed by atoms with E-state index in [1.807, 2.05) is 19.1 Å². The van der Waals surface area contributed by atoms with Gasteiger partial charge < -0.3 is 20.5 Å². The van der Waals surface area contributed by atoms with E-state index in [4.69, 9.17) is 10.5 Å². The minimum atomic E-state index is -0.889. The van der Waals surface area contributed by atoms with Gasteiger partial charge in [-0.25, -0.2) is 4.79 Å². The van der Waals surface area contributed by atoms with Gasteiger partial charge in [-0.2, -0.15) is 5.26 Å². The fraction of sp³-hybridized carbons (Fsp3) is 0.154. The maximum atomic E-state index is 13.8. The van der Waals surface area contributed by atoms with Crippen molar-refractivity contribution in [3.63, 3.8) is 0 Å². The smallest absolute Gasteiger partial charge is 0.332 e. The SMILES string of the molecule is COC(=O)/C=c1\sc2n(c1=O)C(N)=C(C#N)C(c1cccc(OC)c1)C=2C(=O)Nc1ccc(C)cc1. The molecule has 2 heterocycles. The van der Waals surface area contributed by atoms with Gasteiger partial charge in [0.15, 0.2) is 0 Å². The van der Waals surface area contributed by atoms with E-state index in [9.17, 15) is 19.6 Å². The van der Waals surface area contributed by atoms with Gasteiger partial charge in [0.25, 0.3) is 11.5 Å². The molecule has 1 amide bonds. The van der Waals surface area contributed by atoms with Gasteiger partial charge in [0, 0.05) is 11.8 Å². The van der Waals surface area contributed by atoms with E-state index in [1.54, 1.807) is 36.4 Å². The summed E-state index contributed by atoms with van der Waals surface area (Å²) in [5, 5.41) is 12.9. The topological polar surface area (TPSA) is 136 Å². The van der Waals surface area contributed by atoms with Crippen molar-refractivity contribution in [3.05, 3.63) is 84.8 Å². The van der Waals surface area contributed by atoms with E-state index in [-0.39, 0.29) is 26.2 Å². The number of nitrogens with two attached hydrogens (primary N) is 1. The molecule has 3 N–H and O–H groups in total. The predicted molar refractivity (Wildman–Crippen MR) is 136 cm³/mol. The molecule has 0 aliphatic carbocycles. The summed E-state index contributed by atoms with van der Waals surface area (Å²) in [4.78, 5) is 38.8. The molecule has 10 heteroatoms. The van der Waals surface area contributed by atoms with Crippen molar-refractivity contribution in [2.45, 2.75) is 12.8 Å². The van der Waals surface area contributed by atoms with E-state index >= 15 is 0 Å². The Labute approximate surface area is 210 Å². The third kappa shape index (κ3) is 4.39. The largest absolute Gasteiger partial charge is 0.497 e. The monoisotopic (exact) mass is 502 g/mol. The Bertz CT molecular complexity index is 1620. The third-order valence-electron chi connectivity index (χ3n) is 5.70. The number of methoxy groups -OCH3 is 2.